The van der Waals surface area contributed by atoms with Crippen molar-refractivity contribution in [3.05, 3.63) is 58.6 Å². The molecule has 0 fully saturated rings. The van der Waals surface area contributed by atoms with Crippen molar-refractivity contribution < 1.29 is 19.0 Å². The fraction of sp³-hybridized carbons (Fsp3) is 0.316. The summed E-state index contributed by atoms with van der Waals surface area (Å²) in [6.07, 6.45) is 0.886. The molecule has 0 bridgehead atoms. The summed E-state index contributed by atoms with van der Waals surface area (Å²) in [6.45, 7) is 2.59. The first-order valence-electron chi connectivity index (χ1n) is 7.99. The largest absolute Gasteiger partial charge is 0.489 e. The van der Waals surface area contributed by atoms with Gasteiger partial charge in [-0.15, -0.1) is 0 Å². The summed E-state index contributed by atoms with van der Waals surface area (Å²) in [5.74, 6) is 1.08. The third kappa shape index (κ3) is 4.01. The average molecular weight is 347 g/mol. The Kier molecular flexibility index (Phi) is 5.26. The van der Waals surface area contributed by atoms with E-state index in [-0.39, 0.29) is 5.97 Å². The lowest BCUT2D eigenvalue weighted by atomic mass is 10.0. The number of aryl methyl sites for hydroxylation is 1. The molecular formula is C19H19ClO4. The van der Waals surface area contributed by atoms with Gasteiger partial charge in [-0.2, -0.15) is 0 Å². The van der Waals surface area contributed by atoms with Crippen molar-refractivity contribution in [2.75, 3.05) is 6.61 Å². The third-order valence-electron chi connectivity index (χ3n) is 3.85. The Labute approximate surface area is 146 Å². The van der Waals surface area contributed by atoms with Crippen LogP contribution in [0.2, 0.25) is 5.02 Å². The standard InChI is InChI=1S/C19H19ClO4/c1-2-22-19(21)17-10-6-14-5-9-16(11-18(14)24-17)23-12-13-3-7-15(20)8-4-13/h3-5,7-9,11,17H,2,6,10,12H2,1H3. The van der Waals surface area contributed by atoms with Gasteiger partial charge in [-0.05, 0) is 49.1 Å². The summed E-state index contributed by atoms with van der Waals surface area (Å²) < 4.78 is 16.6. The van der Waals surface area contributed by atoms with E-state index in [1.54, 1.807) is 6.92 Å². The Morgan fingerprint density at radius 2 is 2.04 bits per heavy atom. The van der Waals surface area contributed by atoms with Gasteiger partial charge in [-0.25, -0.2) is 4.79 Å². The van der Waals surface area contributed by atoms with Gasteiger partial charge in [-0.1, -0.05) is 29.8 Å². The van der Waals surface area contributed by atoms with E-state index in [1.807, 2.05) is 42.5 Å². The second-order valence-electron chi connectivity index (χ2n) is 5.58. The molecule has 0 saturated carbocycles. The van der Waals surface area contributed by atoms with Gasteiger partial charge < -0.3 is 14.2 Å². The minimum absolute atomic E-state index is 0.310. The van der Waals surface area contributed by atoms with Crippen LogP contribution in [-0.4, -0.2) is 18.7 Å². The van der Waals surface area contributed by atoms with Gasteiger partial charge in [0.1, 0.15) is 18.1 Å². The molecule has 2 aromatic carbocycles. The van der Waals surface area contributed by atoms with E-state index in [4.69, 9.17) is 25.8 Å². The van der Waals surface area contributed by atoms with E-state index < -0.39 is 6.10 Å². The van der Waals surface area contributed by atoms with Crippen LogP contribution < -0.4 is 9.47 Å². The lowest BCUT2D eigenvalue weighted by molar-refractivity contribution is -0.152. The van der Waals surface area contributed by atoms with E-state index in [0.29, 0.717) is 36.2 Å². The zero-order valence-corrected chi connectivity index (χ0v) is 14.2. The number of carbonyl (C=O) groups is 1. The number of esters is 1. The van der Waals surface area contributed by atoms with Crippen LogP contribution in [0.4, 0.5) is 0 Å². The number of benzene rings is 2. The lowest BCUT2D eigenvalue weighted by Crippen LogP contribution is -2.32. The molecule has 3 rings (SSSR count). The van der Waals surface area contributed by atoms with Crippen molar-refractivity contribution in [3.63, 3.8) is 0 Å². The molecule has 1 aliphatic rings. The fourth-order valence-electron chi connectivity index (χ4n) is 2.59. The van der Waals surface area contributed by atoms with E-state index in [1.165, 1.54) is 0 Å². The van der Waals surface area contributed by atoms with Crippen molar-refractivity contribution >= 4 is 17.6 Å². The highest BCUT2D eigenvalue weighted by molar-refractivity contribution is 6.30. The van der Waals surface area contributed by atoms with Gasteiger partial charge in [0, 0.05) is 11.1 Å². The molecule has 0 radical (unpaired) electrons. The van der Waals surface area contributed by atoms with Crippen LogP contribution >= 0.6 is 11.6 Å². The number of carbonyl (C=O) groups excluding carboxylic acids is 1. The molecule has 0 aliphatic carbocycles. The summed E-state index contributed by atoms with van der Waals surface area (Å²) in [4.78, 5) is 11.8. The van der Waals surface area contributed by atoms with Crippen LogP contribution in [0.25, 0.3) is 0 Å². The van der Waals surface area contributed by atoms with Gasteiger partial charge in [-0.3, -0.25) is 0 Å². The summed E-state index contributed by atoms with van der Waals surface area (Å²) in [5.41, 5.74) is 2.11. The molecule has 1 atom stereocenters. The molecular weight excluding hydrogens is 328 g/mol. The predicted octanol–water partition coefficient (Wildman–Crippen LogP) is 4.18. The number of halogens is 1. The van der Waals surface area contributed by atoms with E-state index in [0.717, 1.165) is 17.5 Å². The number of fused-ring (bicyclic) bond motifs is 1. The van der Waals surface area contributed by atoms with Gasteiger partial charge in [0.15, 0.2) is 6.10 Å². The monoisotopic (exact) mass is 346 g/mol. The molecule has 0 amide bonds. The molecule has 0 spiro atoms. The first-order valence-corrected chi connectivity index (χ1v) is 8.37. The molecule has 5 heteroatoms. The highest BCUT2D eigenvalue weighted by Crippen LogP contribution is 2.32. The fourth-order valence-corrected chi connectivity index (χ4v) is 2.71. The molecule has 1 unspecified atom stereocenters. The van der Waals surface area contributed by atoms with Crippen LogP contribution in [0.1, 0.15) is 24.5 Å². The summed E-state index contributed by atoms with van der Waals surface area (Å²) in [5, 5.41) is 0.700. The van der Waals surface area contributed by atoms with Gasteiger partial charge in [0.05, 0.1) is 6.61 Å². The van der Waals surface area contributed by atoms with Crippen LogP contribution in [0.3, 0.4) is 0 Å². The maximum absolute atomic E-state index is 11.8. The summed E-state index contributed by atoms with van der Waals surface area (Å²) >= 11 is 5.87. The van der Waals surface area contributed by atoms with Crippen molar-refractivity contribution in [1.29, 1.82) is 0 Å². The van der Waals surface area contributed by atoms with Gasteiger partial charge in [0.25, 0.3) is 0 Å². The van der Waals surface area contributed by atoms with Crippen LogP contribution in [0, 0.1) is 0 Å². The smallest absolute Gasteiger partial charge is 0.347 e. The summed E-state index contributed by atoms with van der Waals surface area (Å²) in [7, 11) is 0. The first-order chi connectivity index (χ1) is 11.7. The van der Waals surface area contributed by atoms with Crippen LogP contribution in [0.15, 0.2) is 42.5 Å². The Morgan fingerprint density at radius 3 is 2.79 bits per heavy atom. The SMILES string of the molecule is CCOC(=O)C1CCc2ccc(OCc3ccc(Cl)cc3)cc2O1. The number of rotatable bonds is 5. The van der Waals surface area contributed by atoms with Gasteiger partial charge >= 0.3 is 5.97 Å². The molecule has 24 heavy (non-hydrogen) atoms. The quantitative estimate of drug-likeness (QED) is 0.762. The maximum atomic E-state index is 11.8. The second kappa shape index (κ2) is 7.58. The van der Waals surface area contributed by atoms with Crippen molar-refractivity contribution in [3.8, 4) is 11.5 Å². The Hall–Kier alpha value is -2.20. The highest BCUT2D eigenvalue weighted by Gasteiger charge is 2.27. The topological polar surface area (TPSA) is 44.8 Å². The molecule has 2 aromatic rings. The normalized spacial score (nSPS) is 16.0. The average Bonchev–Trinajstić information content (AvgIpc) is 2.61. The van der Waals surface area contributed by atoms with E-state index >= 15 is 0 Å². The van der Waals surface area contributed by atoms with Gasteiger partial charge in [0.2, 0.25) is 0 Å². The van der Waals surface area contributed by atoms with E-state index in [9.17, 15) is 4.79 Å². The second-order valence-corrected chi connectivity index (χ2v) is 6.02. The lowest BCUT2D eigenvalue weighted by Gasteiger charge is -2.25. The molecule has 1 aliphatic heterocycles. The number of ether oxygens (including phenoxy) is 3. The first kappa shape index (κ1) is 16.7. The highest BCUT2D eigenvalue weighted by atomic mass is 35.5. The predicted molar refractivity (Wildman–Crippen MR) is 91.6 cm³/mol. The van der Waals surface area contributed by atoms with Crippen molar-refractivity contribution in [2.24, 2.45) is 0 Å². The third-order valence-corrected chi connectivity index (χ3v) is 4.10. The van der Waals surface area contributed by atoms with Crippen LogP contribution in [0.5, 0.6) is 11.5 Å². The maximum Gasteiger partial charge on any atom is 0.347 e. The Bertz CT molecular complexity index is 712. The molecule has 0 aromatic heterocycles. The number of hydrogen-bond acceptors (Lipinski definition) is 4. The summed E-state index contributed by atoms with van der Waals surface area (Å²) in [6, 6.07) is 13.2. The van der Waals surface area contributed by atoms with Crippen molar-refractivity contribution in [1.82, 2.24) is 0 Å². The Balaban J connectivity index is 1.66. The molecule has 0 saturated heterocycles. The van der Waals surface area contributed by atoms with E-state index in [2.05, 4.69) is 0 Å². The minimum atomic E-state index is -0.538. The molecule has 126 valence electrons. The number of hydrogen-bond donors (Lipinski definition) is 0. The molecule has 0 N–H and O–H groups in total. The minimum Gasteiger partial charge on any atom is -0.489 e. The van der Waals surface area contributed by atoms with Crippen LogP contribution in [-0.2, 0) is 22.6 Å². The van der Waals surface area contributed by atoms with Crippen molar-refractivity contribution in [2.45, 2.75) is 32.5 Å². The zero-order valence-electron chi connectivity index (χ0n) is 13.5. The zero-order chi connectivity index (χ0) is 16.9. The molecule has 1 heterocycles. The Morgan fingerprint density at radius 1 is 1.25 bits per heavy atom. The molecule has 4 nitrogen and oxygen atoms in total.